The molecule has 2 aromatic rings. The summed E-state index contributed by atoms with van der Waals surface area (Å²) < 4.78 is 5.38. The maximum absolute atomic E-state index is 12.1. The number of amides is 1. The van der Waals surface area contributed by atoms with Crippen molar-refractivity contribution in [1.82, 2.24) is 15.5 Å². The van der Waals surface area contributed by atoms with Gasteiger partial charge in [-0.3, -0.25) is 4.99 Å². The fourth-order valence-corrected chi connectivity index (χ4v) is 3.08. The highest BCUT2D eigenvalue weighted by Gasteiger charge is 2.19. The number of carbonyl (C=O) groups excluding carboxylic acids is 1. The summed E-state index contributed by atoms with van der Waals surface area (Å²) in [5, 5.41) is 8.68. The normalized spacial score (nSPS) is 11.8. The maximum atomic E-state index is 12.1. The van der Waals surface area contributed by atoms with E-state index in [0.717, 1.165) is 23.6 Å². The van der Waals surface area contributed by atoms with Crippen molar-refractivity contribution in [1.29, 1.82) is 0 Å². The van der Waals surface area contributed by atoms with E-state index < -0.39 is 5.60 Å². The molecule has 0 saturated heterocycles. The van der Waals surface area contributed by atoms with Gasteiger partial charge in [-0.2, -0.15) is 0 Å². The van der Waals surface area contributed by atoms with Crippen LogP contribution in [0.2, 0.25) is 0 Å². The van der Waals surface area contributed by atoms with Gasteiger partial charge in [-0.25, -0.2) is 4.79 Å². The molecular formula is C21H30N4O2S. The molecule has 0 bridgehead atoms. The van der Waals surface area contributed by atoms with Crippen molar-refractivity contribution < 1.29 is 9.53 Å². The zero-order chi connectivity index (χ0) is 20.6. The van der Waals surface area contributed by atoms with Gasteiger partial charge in [-0.15, -0.1) is 11.3 Å². The summed E-state index contributed by atoms with van der Waals surface area (Å²) in [7, 11) is 3.51. The van der Waals surface area contributed by atoms with Crippen molar-refractivity contribution in [3.63, 3.8) is 0 Å². The molecule has 0 saturated carbocycles. The number of rotatable bonds is 6. The Balaban J connectivity index is 1.80. The average molecular weight is 403 g/mol. The van der Waals surface area contributed by atoms with Crippen molar-refractivity contribution in [2.45, 2.75) is 46.0 Å². The van der Waals surface area contributed by atoms with Crippen molar-refractivity contribution >= 4 is 23.4 Å². The fourth-order valence-electron chi connectivity index (χ4n) is 2.43. The molecule has 0 spiro atoms. The summed E-state index contributed by atoms with van der Waals surface area (Å²) in [6.07, 6.45) is -0.321. The van der Waals surface area contributed by atoms with E-state index in [4.69, 9.17) is 4.74 Å². The molecule has 0 aliphatic heterocycles. The number of guanidine groups is 1. The number of thiophene rings is 1. The Labute approximate surface area is 171 Å². The molecule has 0 aliphatic rings. The van der Waals surface area contributed by atoms with Gasteiger partial charge in [-0.1, -0.05) is 30.3 Å². The van der Waals surface area contributed by atoms with Crippen LogP contribution in [0.1, 0.15) is 36.8 Å². The number of aliphatic imine (C=N–C) groups is 1. The second-order valence-electron chi connectivity index (χ2n) is 7.51. The van der Waals surface area contributed by atoms with Gasteiger partial charge in [-0.05, 0) is 43.3 Å². The van der Waals surface area contributed by atoms with Crippen molar-refractivity contribution in [2.24, 2.45) is 4.99 Å². The summed E-state index contributed by atoms with van der Waals surface area (Å²) in [5.41, 5.74) is 1.71. The zero-order valence-electron chi connectivity index (χ0n) is 17.3. The van der Waals surface area contributed by atoms with Crippen LogP contribution in [0, 0.1) is 0 Å². The smallest absolute Gasteiger partial charge is 0.410 e. The van der Waals surface area contributed by atoms with Crippen LogP contribution in [0.4, 0.5) is 4.79 Å². The Bertz CT molecular complexity index is 765. The minimum atomic E-state index is -0.489. The molecule has 0 aliphatic carbocycles. The average Bonchev–Trinajstić information content (AvgIpc) is 3.15. The molecule has 1 aromatic carbocycles. The molecule has 1 aromatic heterocycles. The molecular weight excluding hydrogens is 372 g/mol. The minimum absolute atomic E-state index is 0.321. The first-order valence-electron chi connectivity index (χ1n) is 9.25. The SMILES string of the molecule is CN=C(NCc1ccc(CN(C)C(=O)OC(C)(C)C)cc1)NCc1cccs1. The van der Waals surface area contributed by atoms with E-state index in [0.29, 0.717) is 13.1 Å². The molecule has 2 rings (SSSR count). The van der Waals surface area contributed by atoms with E-state index in [1.807, 2.05) is 39.0 Å². The zero-order valence-corrected chi connectivity index (χ0v) is 18.1. The van der Waals surface area contributed by atoms with E-state index in [1.165, 1.54) is 4.88 Å². The molecule has 2 N–H and O–H groups in total. The second kappa shape index (κ2) is 10.1. The Hall–Kier alpha value is -2.54. The lowest BCUT2D eigenvalue weighted by Crippen LogP contribution is -2.36. The third-order valence-corrected chi connectivity index (χ3v) is 4.72. The summed E-state index contributed by atoms with van der Waals surface area (Å²) in [6, 6.07) is 12.3. The van der Waals surface area contributed by atoms with Gasteiger partial charge < -0.3 is 20.3 Å². The predicted octanol–water partition coefficient (Wildman–Crippen LogP) is 3.98. The lowest BCUT2D eigenvalue weighted by atomic mass is 10.1. The Kier molecular flexibility index (Phi) is 7.87. The molecule has 0 unspecified atom stereocenters. The molecule has 6 nitrogen and oxygen atoms in total. The summed E-state index contributed by atoms with van der Waals surface area (Å²) in [4.78, 5) is 19.2. The molecule has 152 valence electrons. The van der Waals surface area contributed by atoms with Crippen molar-refractivity contribution in [3.05, 3.63) is 57.8 Å². The number of nitrogens with zero attached hydrogens (tertiary/aromatic N) is 2. The van der Waals surface area contributed by atoms with Gasteiger partial charge in [0.1, 0.15) is 5.60 Å². The Morgan fingerprint density at radius 2 is 1.75 bits per heavy atom. The van der Waals surface area contributed by atoms with Crippen LogP contribution < -0.4 is 10.6 Å². The largest absolute Gasteiger partial charge is 0.444 e. The third-order valence-electron chi connectivity index (χ3n) is 3.84. The van der Waals surface area contributed by atoms with Gasteiger partial charge in [0.25, 0.3) is 0 Å². The van der Waals surface area contributed by atoms with Crippen LogP contribution in [0.25, 0.3) is 0 Å². The number of ether oxygens (including phenoxy) is 1. The summed E-state index contributed by atoms with van der Waals surface area (Å²) in [6.45, 7) is 7.53. The van der Waals surface area contributed by atoms with Crippen LogP contribution >= 0.6 is 11.3 Å². The van der Waals surface area contributed by atoms with Crippen molar-refractivity contribution in [2.75, 3.05) is 14.1 Å². The predicted molar refractivity (Wildman–Crippen MR) is 116 cm³/mol. The molecule has 1 heterocycles. The molecule has 7 heteroatoms. The Morgan fingerprint density at radius 3 is 2.32 bits per heavy atom. The van der Waals surface area contributed by atoms with Crippen LogP contribution in [0.3, 0.4) is 0 Å². The van der Waals surface area contributed by atoms with Gasteiger partial charge in [0.2, 0.25) is 0 Å². The van der Waals surface area contributed by atoms with Crippen LogP contribution in [-0.4, -0.2) is 36.6 Å². The van der Waals surface area contributed by atoms with Crippen LogP contribution in [0.15, 0.2) is 46.8 Å². The first-order chi connectivity index (χ1) is 13.3. The minimum Gasteiger partial charge on any atom is -0.444 e. The van der Waals surface area contributed by atoms with Crippen LogP contribution in [0.5, 0.6) is 0 Å². The number of nitrogens with one attached hydrogen (secondary N) is 2. The first-order valence-corrected chi connectivity index (χ1v) is 10.1. The molecule has 28 heavy (non-hydrogen) atoms. The fraction of sp³-hybridized carbons (Fsp3) is 0.429. The number of carbonyl (C=O) groups is 1. The monoisotopic (exact) mass is 402 g/mol. The standard InChI is InChI=1S/C21H30N4O2S/c1-21(2,3)27-20(26)25(5)15-17-10-8-16(9-11-17)13-23-19(22-4)24-14-18-7-6-12-28-18/h6-12H,13-15H2,1-5H3,(H2,22,23,24). The van der Waals surface area contributed by atoms with E-state index >= 15 is 0 Å². The quantitative estimate of drug-likeness (QED) is 0.567. The third kappa shape index (κ3) is 7.60. The van der Waals surface area contributed by atoms with Gasteiger partial charge in [0.15, 0.2) is 5.96 Å². The number of benzene rings is 1. The Morgan fingerprint density at radius 1 is 1.11 bits per heavy atom. The van der Waals surface area contributed by atoms with Gasteiger partial charge in [0, 0.05) is 32.1 Å². The molecule has 0 fully saturated rings. The lowest BCUT2D eigenvalue weighted by Gasteiger charge is -2.24. The maximum Gasteiger partial charge on any atom is 0.410 e. The molecule has 1 amide bonds. The molecule has 0 atom stereocenters. The highest BCUT2D eigenvalue weighted by atomic mass is 32.1. The van der Waals surface area contributed by atoms with Crippen molar-refractivity contribution in [3.8, 4) is 0 Å². The van der Waals surface area contributed by atoms with E-state index in [-0.39, 0.29) is 6.09 Å². The van der Waals surface area contributed by atoms with E-state index in [9.17, 15) is 4.79 Å². The lowest BCUT2D eigenvalue weighted by molar-refractivity contribution is 0.0285. The van der Waals surface area contributed by atoms with E-state index in [2.05, 4.69) is 39.2 Å². The highest BCUT2D eigenvalue weighted by Crippen LogP contribution is 2.12. The van der Waals surface area contributed by atoms with Gasteiger partial charge in [0.05, 0.1) is 6.54 Å². The van der Waals surface area contributed by atoms with Gasteiger partial charge >= 0.3 is 6.09 Å². The van der Waals surface area contributed by atoms with E-state index in [1.54, 1.807) is 30.3 Å². The van der Waals surface area contributed by atoms with Crippen LogP contribution in [-0.2, 0) is 24.4 Å². The molecule has 0 radical (unpaired) electrons. The number of hydrogen-bond donors (Lipinski definition) is 2. The topological polar surface area (TPSA) is 66.0 Å². The second-order valence-corrected chi connectivity index (χ2v) is 8.54. The highest BCUT2D eigenvalue weighted by molar-refractivity contribution is 7.09. The number of hydrogen-bond acceptors (Lipinski definition) is 4. The first kappa shape index (κ1) is 21.8. The summed E-state index contributed by atoms with van der Waals surface area (Å²) in [5.74, 6) is 0.766. The summed E-state index contributed by atoms with van der Waals surface area (Å²) >= 11 is 1.72.